The zero-order valence-corrected chi connectivity index (χ0v) is 19.0. The third kappa shape index (κ3) is 5.78. The first-order chi connectivity index (χ1) is 17.5. The van der Waals surface area contributed by atoms with Crippen LogP contribution in [0, 0.1) is 23.3 Å². The maximum absolute atomic E-state index is 14.5. The Labute approximate surface area is 205 Å². The van der Waals surface area contributed by atoms with Gasteiger partial charge >= 0.3 is 6.61 Å². The molecule has 37 heavy (non-hydrogen) atoms. The second-order valence-corrected chi connectivity index (χ2v) is 8.17. The summed E-state index contributed by atoms with van der Waals surface area (Å²) in [7, 11) is 0. The number of allylic oxidation sites excluding steroid dienone is 1. The van der Waals surface area contributed by atoms with Gasteiger partial charge in [-0.25, -0.2) is 26.3 Å². The zero-order chi connectivity index (χ0) is 26.9. The summed E-state index contributed by atoms with van der Waals surface area (Å²) in [6, 6.07) is 8.95. The van der Waals surface area contributed by atoms with Crippen LogP contribution in [0.25, 0.3) is 17.0 Å². The molecule has 1 aliphatic rings. The van der Waals surface area contributed by atoms with Crippen LogP contribution in [0.15, 0.2) is 54.4 Å². The van der Waals surface area contributed by atoms with Gasteiger partial charge in [0.2, 0.25) is 0 Å². The lowest BCUT2D eigenvalue weighted by Gasteiger charge is -2.30. The van der Waals surface area contributed by atoms with Crippen LogP contribution in [0.2, 0.25) is 0 Å². The molecule has 3 aromatic rings. The molecular formula is C26H18F8O3. The minimum absolute atomic E-state index is 0.0498. The van der Waals surface area contributed by atoms with Gasteiger partial charge < -0.3 is 14.2 Å². The Morgan fingerprint density at radius 3 is 1.84 bits per heavy atom. The molecule has 11 heteroatoms. The lowest BCUT2D eigenvalue weighted by atomic mass is 9.95. The van der Waals surface area contributed by atoms with E-state index in [-0.39, 0.29) is 30.3 Å². The Balaban J connectivity index is 1.46. The molecule has 0 aliphatic carbocycles. The molecule has 1 heterocycles. The second-order valence-electron chi connectivity index (χ2n) is 8.17. The fourth-order valence-corrected chi connectivity index (χ4v) is 3.90. The predicted octanol–water partition coefficient (Wildman–Crippen LogP) is 7.97. The molecule has 0 bridgehead atoms. The van der Waals surface area contributed by atoms with Crippen molar-refractivity contribution in [3.63, 3.8) is 0 Å². The highest BCUT2D eigenvalue weighted by Crippen LogP contribution is 2.35. The van der Waals surface area contributed by atoms with E-state index in [9.17, 15) is 35.1 Å². The average Bonchev–Trinajstić information content (AvgIpc) is 2.85. The summed E-state index contributed by atoms with van der Waals surface area (Å²) in [5, 5.41) is 0. The highest BCUT2D eigenvalue weighted by molar-refractivity contribution is 5.70. The van der Waals surface area contributed by atoms with E-state index in [0.717, 1.165) is 19.1 Å². The number of halogens is 8. The fourth-order valence-electron chi connectivity index (χ4n) is 3.90. The number of benzene rings is 3. The van der Waals surface area contributed by atoms with Gasteiger partial charge in [-0.15, -0.1) is 0 Å². The minimum atomic E-state index is -3.40. The molecule has 1 fully saturated rings. The van der Waals surface area contributed by atoms with Crippen molar-refractivity contribution in [2.24, 2.45) is 0 Å². The van der Waals surface area contributed by atoms with Crippen LogP contribution >= 0.6 is 0 Å². The van der Waals surface area contributed by atoms with Crippen LogP contribution in [0.5, 0.6) is 5.75 Å². The summed E-state index contributed by atoms with van der Waals surface area (Å²) in [5.74, 6) is -8.95. The van der Waals surface area contributed by atoms with E-state index in [4.69, 9.17) is 9.47 Å². The van der Waals surface area contributed by atoms with Crippen molar-refractivity contribution in [3.05, 3.63) is 94.3 Å². The Morgan fingerprint density at radius 1 is 0.811 bits per heavy atom. The molecule has 1 aliphatic heterocycles. The van der Waals surface area contributed by atoms with Gasteiger partial charge in [0.1, 0.15) is 17.5 Å². The Kier molecular flexibility index (Phi) is 7.84. The Hall–Kier alpha value is -3.44. The normalized spacial score (nSPS) is 18.6. The smallest absolute Gasteiger partial charge is 0.387 e. The minimum Gasteiger partial charge on any atom is -0.429 e. The molecule has 196 valence electrons. The summed E-state index contributed by atoms with van der Waals surface area (Å²) in [6.07, 6.45) is -1.16. The Bertz CT molecular complexity index is 1270. The summed E-state index contributed by atoms with van der Waals surface area (Å²) in [6.45, 7) is -2.47. The van der Waals surface area contributed by atoms with Gasteiger partial charge in [0.05, 0.1) is 18.8 Å². The van der Waals surface area contributed by atoms with Crippen molar-refractivity contribution in [1.82, 2.24) is 0 Å². The Morgan fingerprint density at radius 2 is 1.35 bits per heavy atom. The lowest BCUT2D eigenvalue weighted by Crippen LogP contribution is -2.26. The van der Waals surface area contributed by atoms with Crippen LogP contribution < -0.4 is 4.74 Å². The average molecular weight is 530 g/mol. The molecule has 0 atom stereocenters. The lowest BCUT2D eigenvalue weighted by molar-refractivity contribution is -0.192. The number of rotatable bonds is 6. The topological polar surface area (TPSA) is 27.7 Å². The summed E-state index contributed by atoms with van der Waals surface area (Å²) >= 11 is 0. The first-order valence-electron chi connectivity index (χ1n) is 10.8. The SMILES string of the molecule is CC(F)=C(F)c1cc(F)c(-c2ccc(C3COC(c4cc(F)c(OC(F)F)c(F)c4)OC3)cc2)c(F)c1. The molecule has 3 nitrogen and oxygen atoms in total. The van der Waals surface area contributed by atoms with E-state index < -0.39 is 64.7 Å². The maximum Gasteiger partial charge on any atom is 0.387 e. The maximum atomic E-state index is 14.5. The van der Waals surface area contributed by atoms with E-state index >= 15 is 0 Å². The molecule has 3 aromatic carbocycles. The highest BCUT2D eigenvalue weighted by atomic mass is 19.3. The van der Waals surface area contributed by atoms with Crippen molar-refractivity contribution in [1.29, 1.82) is 0 Å². The molecule has 0 unspecified atom stereocenters. The van der Waals surface area contributed by atoms with Crippen molar-refractivity contribution < 1.29 is 49.3 Å². The molecular weight excluding hydrogens is 512 g/mol. The molecule has 0 spiro atoms. The largest absolute Gasteiger partial charge is 0.429 e. The first kappa shape index (κ1) is 26.6. The quantitative estimate of drug-likeness (QED) is 0.303. The fraction of sp³-hybridized carbons (Fsp3) is 0.231. The van der Waals surface area contributed by atoms with E-state index in [1.165, 1.54) is 12.1 Å². The van der Waals surface area contributed by atoms with Gasteiger partial charge in [-0.2, -0.15) is 8.78 Å². The molecule has 0 radical (unpaired) electrons. The summed E-state index contributed by atoms with van der Waals surface area (Å²) in [4.78, 5) is 0. The van der Waals surface area contributed by atoms with Crippen LogP contribution in [0.4, 0.5) is 35.1 Å². The van der Waals surface area contributed by atoms with Gasteiger partial charge in [-0.3, -0.25) is 0 Å². The number of hydrogen-bond acceptors (Lipinski definition) is 3. The van der Waals surface area contributed by atoms with Crippen LogP contribution in [-0.4, -0.2) is 19.8 Å². The van der Waals surface area contributed by atoms with Crippen LogP contribution in [-0.2, 0) is 9.47 Å². The van der Waals surface area contributed by atoms with Crippen molar-refractivity contribution >= 4 is 5.83 Å². The molecule has 0 amide bonds. The van der Waals surface area contributed by atoms with E-state index in [1.807, 2.05) is 0 Å². The first-order valence-corrected chi connectivity index (χ1v) is 10.8. The third-order valence-electron chi connectivity index (χ3n) is 5.67. The van der Waals surface area contributed by atoms with Gasteiger partial charge in [-0.1, -0.05) is 24.3 Å². The molecule has 0 aromatic heterocycles. The molecule has 0 saturated carbocycles. The van der Waals surface area contributed by atoms with Crippen LogP contribution in [0.3, 0.4) is 0 Å². The predicted molar refractivity (Wildman–Crippen MR) is 117 cm³/mol. The zero-order valence-electron chi connectivity index (χ0n) is 19.0. The number of hydrogen-bond donors (Lipinski definition) is 0. The highest BCUT2D eigenvalue weighted by Gasteiger charge is 2.28. The standard InChI is InChI=1S/C26H18F8O3/c1-12(27)23(32)15-6-18(28)22(19(29)7-15)14-4-2-13(3-5-14)17-10-35-25(36-11-17)16-8-20(30)24(21(31)9-16)37-26(33)34/h2-9,17,25-26H,10-11H2,1H3. The van der Waals surface area contributed by atoms with Gasteiger partial charge in [0, 0.05) is 17.0 Å². The van der Waals surface area contributed by atoms with Gasteiger partial charge in [0.15, 0.2) is 29.5 Å². The summed E-state index contributed by atoms with van der Waals surface area (Å²) < 4.78 is 123. The molecule has 4 rings (SSSR count). The van der Waals surface area contributed by atoms with E-state index in [0.29, 0.717) is 17.7 Å². The monoisotopic (exact) mass is 530 g/mol. The van der Waals surface area contributed by atoms with E-state index in [1.54, 1.807) is 12.1 Å². The van der Waals surface area contributed by atoms with Gasteiger partial charge in [0.25, 0.3) is 0 Å². The number of ether oxygens (including phenoxy) is 3. The van der Waals surface area contributed by atoms with Crippen molar-refractivity contribution in [3.8, 4) is 16.9 Å². The summed E-state index contributed by atoms with van der Waals surface area (Å²) in [5.41, 5.74) is -0.232. The molecule has 0 N–H and O–H groups in total. The van der Waals surface area contributed by atoms with E-state index in [2.05, 4.69) is 4.74 Å². The van der Waals surface area contributed by atoms with Gasteiger partial charge in [-0.05, 0) is 42.3 Å². The van der Waals surface area contributed by atoms with Crippen LogP contribution in [0.1, 0.15) is 35.8 Å². The van der Waals surface area contributed by atoms with Crippen molar-refractivity contribution in [2.75, 3.05) is 13.2 Å². The third-order valence-corrected chi connectivity index (χ3v) is 5.67. The second kappa shape index (κ2) is 10.9. The molecule has 1 saturated heterocycles. The number of alkyl halides is 2. The van der Waals surface area contributed by atoms with Crippen molar-refractivity contribution in [2.45, 2.75) is 25.7 Å².